The van der Waals surface area contributed by atoms with Gasteiger partial charge in [0.2, 0.25) is 5.91 Å². The first-order valence-corrected chi connectivity index (χ1v) is 9.02. The minimum Gasteiger partial charge on any atom is -0.363 e. The highest BCUT2D eigenvalue weighted by molar-refractivity contribution is 5.94. The number of carbonyl (C=O) groups is 1. The number of hydrogen-bond donors (Lipinski definition) is 2. The van der Waals surface area contributed by atoms with Crippen molar-refractivity contribution in [3.63, 3.8) is 0 Å². The van der Waals surface area contributed by atoms with E-state index in [1.54, 1.807) is 13.1 Å². The molecule has 2 N–H and O–H groups in total. The van der Waals surface area contributed by atoms with Gasteiger partial charge in [0.15, 0.2) is 0 Å². The van der Waals surface area contributed by atoms with Crippen LogP contribution in [-0.4, -0.2) is 32.3 Å². The molecule has 7 nitrogen and oxygen atoms in total. The minimum absolute atomic E-state index is 0.0462. The van der Waals surface area contributed by atoms with E-state index in [1.807, 2.05) is 42.3 Å². The summed E-state index contributed by atoms with van der Waals surface area (Å²) in [5.41, 5.74) is 4.85. The van der Waals surface area contributed by atoms with Crippen molar-refractivity contribution >= 4 is 17.4 Å². The van der Waals surface area contributed by atoms with Crippen LogP contribution in [0.1, 0.15) is 37.4 Å². The first-order chi connectivity index (χ1) is 13.0. The van der Waals surface area contributed by atoms with Gasteiger partial charge in [0.25, 0.3) is 0 Å². The number of rotatable bonds is 3. The number of pyridine rings is 1. The van der Waals surface area contributed by atoms with Crippen LogP contribution in [0.3, 0.4) is 0 Å². The summed E-state index contributed by atoms with van der Waals surface area (Å²) < 4.78 is 0. The summed E-state index contributed by atoms with van der Waals surface area (Å²) in [4.78, 5) is 18.6. The molecule has 0 bridgehead atoms. The summed E-state index contributed by atoms with van der Waals surface area (Å²) in [6.45, 7) is 5.71. The van der Waals surface area contributed by atoms with Crippen LogP contribution in [0.4, 0.5) is 11.5 Å². The van der Waals surface area contributed by atoms with Gasteiger partial charge < -0.3 is 10.2 Å². The molecule has 0 spiro atoms. The van der Waals surface area contributed by atoms with Gasteiger partial charge in [-0.1, -0.05) is 17.3 Å². The predicted octanol–water partition coefficient (Wildman–Crippen LogP) is 3.47. The number of hydrogen-bond acceptors (Lipinski definition) is 5. The van der Waals surface area contributed by atoms with Crippen LogP contribution in [0.25, 0.3) is 11.3 Å². The lowest BCUT2D eigenvalue weighted by Gasteiger charge is -2.39. The molecular weight excluding hydrogens is 340 g/mol. The Balaban J connectivity index is 1.76. The second kappa shape index (κ2) is 6.83. The molecule has 1 aromatic carbocycles. The molecule has 3 heterocycles. The number of aryl methyl sites for hydroxylation is 1. The lowest BCUT2D eigenvalue weighted by Crippen LogP contribution is -2.43. The fourth-order valence-corrected chi connectivity index (χ4v) is 3.71. The molecule has 1 aliphatic heterocycles. The van der Waals surface area contributed by atoms with Crippen LogP contribution >= 0.6 is 0 Å². The lowest BCUT2D eigenvalue weighted by molar-refractivity contribution is -0.117. The lowest BCUT2D eigenvalue weighted by atomic mass is 9.90. The van der Waals surface area contributed by atoms with Crippen molar-refractivity contribution in [3.05, 3.63) is 53.9 Å². The molecule has 0 aliphatic carbocycles. The molecule has 7 heteroatoms. The number of anilines is 2. The molecule has 0 saturated heterocycles. The zero-order valence-corrected chi connectivity index (χ0v) is 15.6. The average molecular weight is 362 g/mol. The number of amides is 1. The van der Waals surface area contributed by atoms with Gasteiger partial charge in [-0.15, -0.1) is 5.10 Å². The van der Waals surface area contributed by atoms with Gasteiger partial charge in [0.05, 0.1) is 6.04 Å². The highest BCUT2D eigenvalue weighted by Gasteiger charge is 2.32. The summed E-state index contributed by atoms with van der Waals surface area (Å²) in [5, 5.41) is 14.2. The van der Waals surface area contributed by atoms with Crippen molar-refractivity contribution < 1.29 is 4.79 Å². The summed E-state index contributed by atoms with van der Waals surface area (Å²) in [5.74, 6) is 0.872. The number of nitrogens with one attached hydrogen (secondary N) is 2. The third kappa shape index (κ3) is 3.28. The van der Waals surface area contributed by atoms with Gasteiger partial charge in [-0.3, -0.25) is 9.89 Å². The fraction of sp³-hybridized carbons (Fsp3) is 0.300. The van der Waals surface area contributed by atoms with Crippen LogP contribution in [-0.2, 0) is 4.79 Å². The van der Waals surface area contributed by atoms with E-state index in [9.17, 15) is 4.79 Å². The van der Waals surface area contributed by atoms with Gasteiger partial charge in [-0.05, 0) is 49.6 Å². The van der Waals surface area contributed by atoms with Crippen molar-refractivity contribution in [2.24, 2.45) is 0 Å². The van der Waals surface area contributed by atoms with E-state index in [1.165, 1.54) is 0 Å². The summed E-state index contributed by atoms with van der Waals surface area (Å²) in [7, 11) is 0. The van der Waals surface area contributed by atoms with E-state index < -0.39 is 0 Å². The van der Waals surface area contributed by atoms with E-state index in [-0.39, 0.29) is 18.0 Å². The molecule has 3 aromatic rings. The first kappa shape index (κ1) is 17.2. The maximum Gasteiger partial charge on any atom is 0.224 e. The van der Waals surface area contributed by atoms with Crippen LogP contribution in [0.2, 0.25) is 0 Å². The SMILES string of the molecule is CC(=O)N1c2ccc(-c3c[nH]nn3)cc2C(Nc2ccc(C)cn2)CC1C. The molecule has 0 fully saturated rings. The van der Waals surface area contributed by atoms with Crippen molar-refractivity contribution in [2.75, 3.05) is 10.2 Å². The predicted molar refractivity (Wildman–Crippen MR) is 104 cm³/mol. The third-order valence-electron chi connectivity index (χ3n) is 4.97. The minimum atomic E-state index is 0.0462. The van der Waals surface area contributed by atoms with Gasteiger partial charge in [0.1, 0.15) is 11.5 Å². The molecule has 27 heavy (non-hydrogen) atoms. The fourth-order valence-electron chi connectivity index (χ4n) is 3.71. The number of aromatic amines is 1. The van der Waals surface area contributed by atoms with Gasteiger partial charge in [0, 0.05) is 36.6 Å². The molecule has 4 rings (SSSR count). The number of benzene rings is 1. The van der Waals surface area contributed by atoms with E-state index in [0.717, 1.165) is 40.3 Å². The maximum atomic E-state index is 12.3. The van der Waals surface area contributed by atoms with Crippen molar-refractivity contribution in [1.82, 2.24) is 20.4 Å². The molecule has 0 radical (unpaired) electrons. The monoisotopic (exact) mass is 362 g/mol. The van der Waals surface area contributed by atoms with Crippen LogP contribution in [0.5, 0.6) is 0 Å². The number of H-pyrrole nitrogens is 1. The van der Waals surface area contributed by atoms with Gasteiger partial charge in [-0.2, -0.15) is 0 Å². The number of nitrogens with zero attached hydrogens (tertiary/aromatic N) is 4. The van der Waals surface area contributed by atoms with Crippen LogP contribution in [0.15, 0.2) is 42.7 Å². The third-order valence-corrected chi connectivity index (χ3v) is 4.97. The zero-order chi connectivity index (χ0) is 19.0. The average Bonchev–Trinajstić information content (AvgIpc) is 3.18. The molecule has 2 aromatic heterocycles. The van der Waals surface area contributed by atoms with Crippen LogP contribution < -0.4 is 10.2 Å². The largest absolute Gasteiger partial charge is 0.363 e. The number of fused-ring (bicyclic) bond motifs is 1. The second-order valence-electron chi connectivity index (χ2n) is 7.02. The topological polar surface area (TPSA) is 86.8 Å². The Kier molecular flexibility index (Phi) is 4.35. The molecule has 0 saturated carbocycles. The zero-order valence-electron chi connectivity index (χ0n) is 15.6. The molecular formula is C20H22N6O. The van der Waals surface area contributed by atoms with Crippen molar-refractivity contribution in [2.45, 2.75) is 39.3 Å². The number of aromatic nitrogens is 4. The highest BCUT2D eigenvalue weighted by Crippen LogP contribution is 2.40. The molecule has 2 atom stereocenters. The quantitative estimate of drug-likeness (QED) is 0.745. The second-order valence-corrected chi connectivity index (χ2v) is 7.02. The van der Waals surface area contributed by atoms with Gasteiger partial charge >= 0.3 is 0 Å². The standard InChI is InChI=1S/C20H22N6O/c1-12-4-7-20(21-10-12)23-17-8-13(2)26(14(3)27)19-6-5-15(9-16(17)19)18-11-22-25-24-18/h4-7,9-11,13,17H,8H2,1-3H3,(H,21,23)(H,22,24,25). The normalized spacial score (nSPS) is 18.9. The van der Waals surface area contributed by atoms with E-state index in [4.69, 9.17) is 0 Å². The van der Waals surface area contributed by atoms with Gasteiger partial charge in [-0.25, -0.2) is 4.98 Å². The molecule has 138 valence electrons. The first-order valence-electron chi connectivity index (χ1n) is 9.02. The Bertz CT molecular complexity index is 951. The molecule has 2 unspecified atom stereocenters. The summed E-state index contributed by atoms with van der Waals surface area (Å²) in [6, 6.07) is 10.2. The maximum absolute atomic E-state index is 12.3. The van der Waals surface area contributed by atoms with E-state index in [0.29, 0.717) is 0 Å². The smallest absolute Gasteiger partial charge is 0.224 e. The molecule has 1 amide bonds. The van der Waals surface area contributed by atoms with E-state index in [2.05, 4.69) is 38.7 Å². The van der Waals surface area contributed by atoms with Crippen LogP contribution in [0, 0.1) is 6.92 Å². The Morgan fingerprint density at radius 3 is 2.81 bits per heavy atom. The van der Waals surface area contributed by atoms with Crippen molar-refractivity contribution in [3.8, 4) is 11.3 Å². The summed E-state index contributed by atoms with van der Waals surface area (Å²) in [6.07, 6.45) is 4.41. The Hall–Kier alpha value is -3.22. The Morgan fingerprint density at radius 1 is 1.30 bits per heavy atom. The Morgan fingerprint density at radius 2 is 2.15 bits per heavy atom. The number of carbonyl (C=O) groups excluding carboxylic acids is 1. The highest BCUT2D eigenvalue weighted by atomic mass is 16.2. The van der Waals surface area contributed by atoms with E-state index >= 15 is 0 Å². The molecule has 1 aliphatic rings. The Labute approximate surface area is 157 Å². The van der Waals surface area contributed by atoms with Crippen molar-refractivity contribution in [1.29, 1.82) is 0 Å². The summed E-state index contributed by atoms with van der Waals surface area (Å²) >= 11 is 0.